The lowest BCUT2D eigenvalue weighted by Gasteiger charge is -2.41. The summed E-state index contributed by atoms with van der Waals surface area (Å²) in [4.78, 5) is 15.2. The van der Waals surface area contributed by atoms with Crippen LogP contribution in [0.2, 0.25) is 0 Å². The third-order valence-electron chi connectivity index (χ3n) is 8.57. The number of benzene rings is 2. The molecule has 2 aromatic carbocycles. The molecule has 5 nitrogen and oxygen atoms in total. The van der Waals surface area contributed by atoms with Gasteiger partial charge in [0.1, 0.15) is 0 Å². The Morgan fingerprint density at radius 1 is 0.976 bits per heavy atom. The summed E-state index contributed by atoms with van der Waals surface area (Å²) in [7, 11) is 0. The van der Waals surface area contributed by atoms with Crippen LogP contribution in [0.5, 0.6) is 0 Å². The van der Waals surface area contributed by atoms with Gasteiger partial charge in [-0.3, -0.25) is 4.79 Å². The molecule has 3 aliphatic rings. The van der Waals surface area contributed by atoms with Crippen molar-refractivity contribution in [2.75, 3.05) is 32.9 Å². The van der Waals surface area contributed by atoms with Crippen LogP contribution < -0.4 is 0 Å². The first kappa shape index (κ1) is 29.8. The maximum atomic E-state index is 13.5. The van der Waals surface area contributed by atoms with E-state index in [-0.39, 0.29) is 47.8 Å². The van der Waals surface area contributed by atoms with Crippen LogP contribution in [-0.4, -0.2) is 50.0 Å². The molecule has 224 valence electrons. The molecule has 0 aromatic heterocycles. The fourth-order valence-electron chi connectivity index (χ4n) is 6.34. The Bertz CT molecular complexity index is 1210. The number of ether oxygens (including phenoxy) is 3. The molecule has 5 rings (SSSR count). The Balaban J connectivity index is 1.43. The fraction of sp³-hybridized carbons (Fsp3) is 0.567. The minimum Gasteiger partial charge on any atom is -0.381 e. The smallest absolute Gasteiger partial charge is 0.381 e. The number of carbonyl (C=O) groups excluding carboxylic acids is 1. The first-order valence-corrected chi connectivity index (χ1v) is 13.8. The average Bonchev–Trinajstić information content (AvgIpc) is 3.37. The van der Waals surface area contributed by atoms with Gasteiger partial charge >= 0.3 is 12.4 Å². The zero-order chi connectivity index (χ0) is 29.5. The van der Waals surface area contributed by atoms with Crippen molar-refractivity contribution < 1.29 is 45.3 Å². The van der Waals surface area contributed by atoms with Crippen molar-refractivity contribution in [2.24, 2.45) is 17.8 Å². The van der Waals surface area contributed by atoms with Gasteiger partial charge in [-0.25, -0.2) is 0 Å². The molecule has 0 aliphatic carbocycles. The summed E-state index contributed by atoms with van der Waals surface area (Å²) in [6, 6.07) is 9.11. The van der Waals surface area contributed by atoms with Gasteiger partial charge in [-0.1, -0.05) is 24.3 Å². The molecule has 3 fully saturated rings. The SMILES string of the molecule is Cc1ccccc1[C@H]1C2CN(C(=O)C3CCOCC3)C[C@H]2CO[C@@H]1O[C@H](C)c1cc(C(F)(F)F)cc(C(F)(F)F)c1. The summed E-state index contributed by atoms with van der Waals surface area (Å²) in [5.74, 6) is -0.432. The predicted molar refractivity (Wildman–Crippen MR) is 137 cm³/mol. The second-order valence-corrected chi connectivity index (χ2v) is 11.3. The van der Waals surface area contributed by atoms with Gasteiger partial charge in [0.25, 0.3) is 0 Å². The maximum absolute atomic E-state index is 13.5. The van der Waals surface area contributed by atoms with Crippen LogP contribution in [0.25, 0.3) is 0 Å². The largest absolute Gasteiger partial charge is 0.416 e. The van der Waals surface area contributed by atoms with E-state index >= 15 is 0 Å². The Hall–Kier alpha value is -2.63. The summed E-state index contributed by atoms with van der Waals surface area (Å²) < 4.78 is 98.7. The van der Waals surface area contributed by atoms with Crippen LogP contribution in [0.3, 0.4) is 0 Å². The Morgan fingerprint density at radius 2 is 1.61 bits per heavy atom. The van der Waals surface area contributed by atoms with Gasteiger partial charge in [0.2, 0.25) is 5.91 Å². The number of halogens is 6. The van der Waals surface area contributed by atoms with Crippen molar-refractivity contribution in [2.45, 2.75) is 57.4 Å². The van der Waals surface area contributed by atoms with E-state index < -0.39 is 35.9 Å². The van der Waals surface area contributed by atoms with Crippen molar-refractivity contribution in [3.8, 4) is 0 Å². The lowest BCUT2D eigenvalue weighted by molar-refractivity contribution is -0.217. The zero-order valence-corrected chi connectivity index (χ0v) is 22.8. The number of carbonyl (C=O) groups is 1. The van der Waals surface area contributed by atoms with Gasteiger partial charge < -0.3 is 19.1 Å². The first-order valence-electron chi connectivity index (χ1n) is 13.8. The molecule has 1 amide bonds. The van der Waals surface area contributed by atoms with Crippen LogP contribution in [0.1, 0.15) is 59.6 Å². The summed E-state index contributed by atoms with van der Waals surface area (Å²) in [5, 5.41) is 0. The number of hydrogen-bond acceptors (Lipinski definition) is 4. The second-order valence-electron chi connectivity index (χ2n) is 11.3. The van der Waals surface area contributed by atoms with Crippen LogP contribution >= 0.6 is 0 Å². The van der Waals surface area contributed by atoms with Gasteiger partial charge in [-0.2, -0.15) is 26.3 Å². The van der Waals surface area contributed by atoms with Crippen LogP contribution in [0.15, 0.2) is 42.5 Å². The molecule has 0 N–H and O–H groups in total. The van der Waals surface area contributed by atoms with Crippen molar-refractivity contribution in [1.29, 1.82) is 0 Å². The molecule has 5 atom stereocenters. The van der Waals surface area contributed by atoms with Crippen LogP contribution in [0, 0.1) is 24.7 Å². The number of fused-ring (bicyclic) bond motifs is 1. The molecule has 2 aromatic rings. The summed E-state index contributed by atoms with van der Waals surface area (Å²) in [6.45, 7) is 5.71. The van der Waals surface area contributed by atoms with E-state index in [0.29, 0.717) is 51.3 Å². The van der Waals surface area contributed by atoms with E-state index in [1.807, 2.05) is 36.1 Å². The minimum absolute atomic E-state index is 0.0175. The highest BCUT2D eigenvalue weighted by atomic mass is 19.4. The average molecular weight is 586 g/mol. The lowest BCUT2D eigenvalue weighted by Crippen LogP contribution is -2.42. The van der Waals surface area contributed by atoms with Gasteiger partial charge in [-0.05, 0) is 67.5 Å². The van der Waals surface area contributed by atoms with Gasteiger partial charge in [0.05, 0.1) is 23.8 Å². The molecule has 11 heteroatoms. The molecule has 1 unspecified atom stereocenters. The third-order valence-corrected chi connectivity index (χ3v) is 8.57. The van der Waals surface area contributed by atoms with Crippen molar-refractivity contribution in [3.63, 3.8) is 0 Å². The molecule has 0 radical (unpaired) electrons. The van der Waals surface area contributed by atoms with Crippen molar-refractivity contribution in [3.05, 3.63) is 70.3 Å². The minimum atomic E-state index is -4.96. The molecular weight excluding hydrogens is 552 g/mol. The normalized spacial score (nSPS) is 26.6. The van der Waals surface area contributed by atoms with E-state index in [4.69, 9.17) is 14.2 Å². The molecule has 3 saturated heterocycles. The van der Waals surface area contributed by atoms with Gasteiger partial charge in [0.15, 0.2) is 6.29 Å². The number of aryl methyl sites for hydroxylation is 1. The molecule has 3 aliphatic heterocycles. The number of hydrogen-bond donors (Lipinski definition) is 0. The van der Waals surface area contributed by atoms with Crippen molar-refractivity contribution in [1.82, 2.24) is 4.90 Å². The standard InChI is InChI=1S/C30H33F6NO4/c1-17-5-3-4-6-24(17)26-25-15-37(27(38)19-7-9-39-10-8-19)14-21(25)16-40-28(26)41-18(2)20-11-22(29(31,32)33)13-23(12-20)30(34,35)36/h3-6,11-13,18-19,21,25-26,28H,7-10,14-16H2,1-2H3/t18-,21+,25?,26+,28-/m1/s1. The van der Waals surface area contributed by atoms with Crippen LogP contribution in [-0.2, 0) is 31.4 Å². The lowest BCUT2D eigenvalue weighted by atomic mass is 9.76. The number of nitrogens with zero attached hydrogens (tertiary/aromatic N) is 1. The van der Waals surface area contributed by atoms with E-state index in [2.05, 4.69) is 0 Å². The second kappa shape index (κ2) is 11.6. The quantitative estimate of drug-likeness (QED) is 0.365. The Kier molecular flexibility index (Phi) is 8.42. The summed E-state index contributed by atoms with van der Waals surface area (Å²) >= 11 is 0. The highest BCUT2D eigenvalue weighted by Gasteiger charge is 2.49. The van der Waals surface area contributed by atoms with Crippen molar-refractivity contribution >= 4 is 5.91 Å². The van der Waals surface area contributed by atoms with E-state index in [0.717, 1.165) is 11.1 Å². The molecule has 0 bridgehead atoms. The van der Waals surface area contributed by atoms with E-state index in [9.17, 15) is 31.1 Å². The monoisotopic (exact) mass is 585 g/mol. The molecule has 3 heterocycles. The fourth-order valence-corrected chi connectivity index (χ4v) is 6.34. The number of amides is 1. The third kappa shape index (κ3) is 6.41. The van der Waals surface area contributed by atoms with E-state index in [1.165, 1.54) is 6.92 Å². The number of rotatable bonds is 5. The topological polar surface area (TPSA) is 48.0 Å². The highest BCUT2D eigenvalue weighted by molar-refractivity contribution is 5.79. The maximum Gasteiger partial charge on any atom is 0.416 e. The Labute approximate surface area is 234 Å². The number of alkyl halides is 6. The Morgan fingerprint density at radius 3 is 2.22 bits per heavy atom. The molecular formula is C30H33F6NO4. The first-order chi connectivity index (χ1) is 19.3. The highest BCUT2D eigenvalue weighted by Crippen LogP contribution is 2.46. The molecule has 0 saturated carbocycles. The summed E-state index contributed by atoms with van der Waals surface area (Å²) in [6.07, 6.45) is -10.6. The van der Waals surface area contributed by atoms with Crippen LogP contribution in [0.4, 0.5) is 26.3 Å². The zero-order valence-electron chi connectivity index (χ0n) is 22.8. The predicted octanol–water partition coefficient (Wildman–Crippen LogP) is 6.75. The van der Waals surface area contributed by atoms with Gasteiger partial charge in [0, 0.05) is 44.1 Å². The molecule has 41 heavy (non-hydrogen) atoms. The van der Waals surface area contributed by atoms with Gasteiger partial charge in [-0.15, -0.1) is 0 Å². The van der Waals surface area contributed by atoms with E-state index in [1.54, 1.807) is 0 Å². The summed E-state index contributed by atoms with van der Waals surface area (Å²) in [5.41, 5.74) is -1.16. The number of likely N-dealkylation sites (tertiary alicyclic amines) is 1. The molecule has 0 spiro atoms.